The summed E-state index contributed by atoms with van der Waals surface area (Å²) in [6.45, 7) is 9.82. The molecule has 0 aromatic heterocycles. The number of benzene rings is 3. The van der Waals surface area contributed by atoms with Crippen LogP contribution in [0.4, 0.5) is 0 Å². The zero-order valence-electron chi connectivity index (χ0n) is 29.3. The van der Waals surface area contributed by atoms with Gasteiger partial charge in [-0.15, -0.1) is 0 Å². The largest absolute Gasteiger partial charge is 0.466 e. The van der Waals surface area contributed by atoms with Gasteiger partial charge in [-0.1, -0.05) is 72.8 Å². The Balaban J connectivity index is 1.60. The van der Waals surface area contributed by atoms with Crippen LogP contribution in [0, 0.1) is 5.92 Å². The Morgan fingerprint density at radius 2 is 1.47 bits per heavy atom. The molecular weight excluding hydrogens is 620 g/mol. The smallest absolute Gasteiger partial charge is 0.330 e. The SMILES string of the molecule is COC(=O)/C=C/c1ccc(OC(=O)C(CON2C(C)(C)CC(NC(C)=O)CC2(C)C)CC(CC(=O)c2ccccc2)c2ccccc2)cc1. The van der Waals surface area contributed by atoms with Crippen molar-refractivity contribution in [3.8, 4) is 5.75 Å². The van der Waals surface area contributed by atoms with Crippen molar-refractivity contribution in [1.82, 2.24) is 10.4 Å². The highest BCUT2D eigenvalue weighted by Gasteiger charge is 2.47. The highest BCUT2D eigenvalue weighted by molar-refractivity contribution is 5.96. The summed E-state index contributed by atoms with van der Waals surface area (Å²) in [7, 11) is 1.31. The van der Waals surface area contributed by atoms with E-state index >= 15 is 0 Å². The van der Waals surface area contributed by atoms with Crippen LogP contribution in [0.25, 0.3) is 6.08 Å². The zero-order chi connectivity index (χ0) is 35.6. The summed E-state index contributed by atoms with van der Waals surface area (Å²) in [5.41, 5.74) is 1.38. The van der Waals surface area contributed by atoms with Gasteiger partial charge in [-0.05, 0) is 82.2 Å². The first-order chi connectivity index (χ1) is 23.3. The first-order valence-corrected chi connectivity index (χ1v) is 16.7. The molecule has 2 unspecified atom stereocenters. The number of rotatable bonds is 14. The molecule has 0 bridgehead atoms. The molecule has 49 heavy (non-hydrogen) atoms. The van der Waals surface area contributed by atoms with Crippen LogP contribution in [0.1, 0.15) is 87.7 Å². The molecule has 0 aliphatic carbocycles. The molecule has 1 amide bonds. The fourth-order valence-corrected chi connectivity index (χ4v) is 6.85. The van der Waals surface area contributed by atoms with Gasteiger partial charge >= 0.3 is 11.9 Å². The lowest BCUT2D eigenvalue weighted by Crippen LogP contribution is -2.64. The molecule has 9 heteroatoms. The van der Waals surface area contributed by atoms with E-state index < -0.39 is 28.9 Å². The average Bonchev–Trinajstić information content (AvgIpc) is 3.06. The molecule has 3 aromatic rings. The van der Waals surface area contributed by atoms with Crippen LogP contribution in [-0.2, 0) is 24.0 Å². The molecule has 0 spiro atoms. The first-order valence-electron chi connectivity index (χ1n) is 16.7. The number of nitrogens with zero attached hydrogens (tertiary/aromatic N) is 1. The van der Waals surface area contributed by atoms with E-state index in [0.717, 1.165) is 11.1 Å². The Morgan fingerprint density at radius 1 is 0.878 bits per heavy atom. The summed E-state index contributed by atoms with van der Waals surface area (Å²) >= 11 is 0. The van der Waals surface area contributed by atoms with Crippen molar-refractivity contribution in [2.24, 2.45) is 5.92 Å². The summed E-state index contributed by atoms with van der Waals surface area (Å²) in [5, 5.41) is 5.02. The van der Waals surface area contributed by atoms with Crippen molar-refractivity contribution in [3.63, 3.8) is 0 Å². The van der Waals surface area contributed by atoms with E-state index in [2.05, 4.69) is 37.7 Å². The number of hydrogen-bond donors (Lipinski definition) is 1. The molecular formula is C40H48N2O7. The maximum atomic E-state index is 14.0. The first kappa shape index (κ1) is 37.2. The van der Waals surface area contributed by atoms with Crippen LogP contribution in [0.5, 0.6) is 5.75 Å². The number of ether oxygens (including phenoxy) is 2. The molecule has 1 aliphatic heterocycles. The van der Waals surface area contributed by atoms with Crippen LogP contribution >= 0.6 is 0 Å². The number of Topliss-reactive ketones (excluding diaryl/α,β-unsaturated/α-hetero) is 1. The van der Waals surface area contributed by atoms with Gasteiger partial charge < -0.3 is 14.8 Å². The number of amides is 1. The molecule has 0 radical (unpaired) electrons. The quantitative estimate of drug-likeness (QED) is 0.0852. The van der Waals surface area contributed by atoms with Crippen LogP contribution in [0.3, 0.4) is 0 Å². The molecule has 0 saturated carbocycles. The lowest BCUT2D eigenvalue weighted by atomic mass is 9.79. The number of hydrogen-bond acceptors (Lipinski definition) is 8. The van der Waals surface area contributed by atoms with E-state index in [0.29, 0.717) is 30.6 Å². The molecule has 1 saturated heterocycles. The van der Waals surface area contributed by atoms with Gasteiger partial charge in [-0.25, -0.2) is 4.79 Å². The molecule has 9 nitrogen and oxygen atoms in total. The molecule has 3 aromatic carbocycles. The molecule has 1 heterocycles. The monoisotopic (exact) mass is 668 g/mol. The number of piperidine rings is 1. The van der Waals surface area contributed by atoms with Crippen LogP contribution in [0.2, 0.25) is 0 Å². The van der Waals surface area contributed by atoms with Crippen LogP contribution < -0.4 is 10.1 Å². The van der Waals surface area contributed by atoms with Gasteiger partial charge in [-0.3, -0.25) is 19.2 Å². The van der Waals surface area contributed by atoms with E-state index in [-0.39, 0.29) is 36.7 Å². The van der Waals surface area contributed by atoms with Crippen LogP contribution in [-0.4, -0.2) is 59.5 Å². The van der Waals surface area contributed by atoms with E-state index in [1.807, 2.05) is 53.6 Å². The zero-order valence-corrected chi connectivity index (χ0v) is 29.3. The topological polar surface area (TPSA) is 111 Å². The molecule has 1 N–H and O–H groups in total. The van der Waals surface area contributed by atoms with Gasteiger partial charge in [0.25, 0.3) is 0 Å². The van der Waals surface area contributed by atoms with Crippen molar-refractivity contribution in [2.75, 3.05) is 13.7 Å². The summed E-state index contributed by atoms with van der Waals surface area (Å²) in [6.07, 6.45) is 4.78. The Morgan fingerprint density at radius 3 is 2.04 bits per heavy atom. The minimum Gasteiger partial charge on any atom is -0.466 e. The fourth-order valence-electron chi connectivity index (χ4n) is 6.85. The normalized spacial score (nSPS) is 17.2. The third-order valence-corrected chi connectivity index (χ3v) is 8.82. The molecule has 1 aliphatic rings. The Hall–Kier alpha value is -4.60. The minimum absolute atomic E-state index is 0.0135. The average molecular weight is 669 g/mol. The van der Waals surface area contributed by atoms with Gasteiger partial charge in [0.1, 0.15) is 5.75 Å². The lowest BCUT2D eigenvalue weighted by molar-refractivity contribution is -0.288. The maximum absolute atomic E-state index is 14.0. The number of ketones is 1. The summed E-state index contributed by atoms with van der Waals surface area (Å²) < 4.78 is 10.6. The summed E-state index contributed by atoms with van der Waals surface area (Å²) in [5.74, 6) is -1.70. The van der Waals surface area contributed by atoms with Crippen molar-refractivity contribution in [3.05, 3.63) is 108 Å². The van der Waals surface area contributed by atoms with Crippen molar-refractivity contribution in [1.29, 1.82) is 0 Å². The van der Waals surface area contributed by atoms with Crippen LogP contribution in [0.15, 0.2) is 91.0 Å². The molecule has 4 rings (SSSR count). The standard InChI is InChI=1S/C40H48N2O7/c1-28(43)41-34-25-39(2,3)42(40(4,5)26-34)48-27-33(38(46)49-35-20-17-29(18-21-35)19-22-37(45)47-6)23-32(30-13-9-7-10-14-30)24-36(44)31-15-11-8-12-16-31/h7-22,32-34H,23-27H2,1-6H3,(H,41,43)/b22-19+. The second-order valence-electron chi connectivity index (χ2n) is 13.9. The predicted molar refractivity (Wildman–Crippen MR) is 189 cm³/mol. The Kier molecular flexibility index (Phi) is 12.7. The number of carbonyl (C=O) groups is 4. The number of nitrogens with one attached hydrogen (secondary N) is 1. The summed E-state index contributed by atoms with van der Waals surface area (Å²) in [4.78, 5) is 57.4. The van der Waals surface area contributed by atoms with Gasteiger partial charge in [0.05, 0.1) is 19.6 Å². The number of carbonyl (C=O) groups excluding carboxylic acids is 4. The molecule has 1 fully saturated rings. The van der Waals surface area contributed by atoms with E-state index in [1.54, 1.807) is 42.5 Å². The van der Waals surface area contributed by atoms with Crippen molar-refractivity contribution >= 4 is 29.7 Å². The second-order valence-corrected chi connectivity index (χ2v) is 13.9. The van der Waals surface area contributed by atoms with Crippen molar-refractivity contribution in [2.45, 2.75) is 83.3 Å². The maximum Gasteiger partial charge on any atom is 0.330 e. The van der Waals surface area contributed by atoms with Crippen molar-refractivity contribution < 1.29 is 33.5 Å². The Bertz CT molecular complexity index is 1580. The minimum atomic E-state index is -0.729. The highest BCUT2D eigenvalue weighted by Crippen LogP contribution is 2.39. The number of esters is 2. The third-order valence-electron chi connectivity index (χ3n) is 8.82. The molecule has 2 atom stereocenters. The van der Waals surface area contributed by atoms with E-state index in [9.17, 15) is 19.2 Å². The second kappa shape index (κ2) is 16.7. The lowest BCUT2D eigenvalue weighted by Gasteiger charge is -2.54. The predicted octanol–water partition coefficient (Wildman–Crippen LogP) is 6.93. The van der Waals surface area contributed by atoms with Gasteiger partial charge in [0, 0.05) is 42.1 Å². The van der Waals surface area contributed by atoms with Gasteiger partial charge in [0.15, 0.2) is 5.78 Å². The van der Waals surface area contributed by atoms with Gasteiger partial charge in [-0.2, -0.15) is 5.06 Å². The van der Waals surface area contributed by atoms with E-state index in [4.69, 9.17) is 9.57 Å². The van der Waals surface area contributed by atoms with E-state index in [1.165, 1.54) is 20.1 Å². The molecule has 260 valence electrons. The summed E-state index contributed by atoms with van der Waals surface area (Å²) in [6, 6.07) is 25.7. The third kappa shape index (κ3) is 10.7. The van der Waals surface area contributed by atoms with Gasteiger partial charge in [0.2, 0.25) is 5.91 Å². The number of methoxy groups -OCH3 is 1. The highest BCUT2D eigenvalue weighted by atomic mass is 16.7. The Labute approximate surface area is 289 Å². The number of hydroxylamine groups is 2. The fraction of sp³-hybridized carbons (Fsp3) is 0.400.